The van der Waals surface area contributed by atoms with Crippen molar-refractivity contribution in [1.29, 1.82) is 0 Å². The Balaban J connectivity index is 1.97. The number of imide groups is 1. The van der Waals surface area contributed by atoms with E-state index in [1.807, 2.05) is 13.0 Å². The molecule has 25 heavy (non-hydrogen) atoms. The van der Waals surface area contributed by atoms with Crippen LogP contribution in [0.1, 0.15) is 11.1 Å². The number of benzene rings is 1. The lowest BCUT2D eigenvalue weighted by Gasteiger charge is -2.33. The van der Waals surface area contributed by atoms with E-state index in [1.165, 1.54) is 11.4 Å². The first-order valence-corrected chi connectivity index (χ1v) is 9.35. The second-order valence-corrected chi connectivity index (χ2v) is 7.90. The van der Waals surface area contributed by atoms with E-state index >= 15 is 0 Å². The fraction of sp³-hybridized carbons (Fsp3) is 0.500. The number of methoxy groups -OCH3 is 1. The minimum atomic E-state index is -3.55. The van der Waals surface area contributed by atoms with Crippen molar-refractivity contribution in [3.05, 3.63) is 29.3 Å². The molecule has 0 bridgehead atoms. The standard InChI is InChI=1S/C16H23N3O5S/c1-12-4-5-14(13(2)10-12)25(22,23)19-8-6-18(7-9-19)11-15(20)17-16(21)24-3/h4-5,10H,6-9,11H2,1-3H3,(H,17,20,21). The molecule has 1 N–H and O–H groups in total. The molecule has 1 aliphatic heterocycles. The SMILES string of the molecule is COC(=O)NC(=O)CN1CCN(S(=O)(=O)c2ccc(C)cc2C)CC1. The lowest BCUT2D eigenvalue weighted by atomic mass is 10.2. The van der Waals surface area contributed by atoms with Gasteiger partial charge in [-0.05, 0) is 25.5 Å². The molecule has 9 heteroatoms. The number of rotatable bonds is 4. The second kappa shape index (κ2) is 7.94. The molecule has 1 saturated heterocycles. The number of aryl methyl sites for hydroxylation is 2. The van der Waals surface area contributed by atoms with Crippen LogP contribution in [-0.4, -0.2) is 69.5 Å². The topological polar surface area (TPSA) is 96.0 Å². The van der Waals surface area contributed by atoms with E-state index in [0.29, 0.717) is 31.1 Å². The molecule has 0 unspecified atom stereocenters. The maximum Gasteiger partial charge on any atom is 0.413 e. The smallest absolute Gasteiger partial charge is 0.413 e. The van der Waals surface area contributed by atoms with Crippen LogP contribution in [0.4, 0.5) is 4.79 Å². The lowest BCUT2D eigenvalue weighted by molar-refractivity contribution is -0.121. The Kier molecular flexibility index (Phi) is 6.15. The number of sulfonamides is 1. The molecule has 0 atom stereocenters. The van der Waals surface area contributed by atoms with Crippen LogP contribution in [0.25, 0.3) is 0 Å². The zero-order valence-electron chi connectivity index (χ0n) is 14.6. The van der Waals surface area contributed by atoms with E-state index in [2.05, 4.69) is 10.1 Å². The summed E-state index contributed by atoms with van der Waals surface area (Å²) in [6, 6.07) is 5.27. The van der Waals surface area contributed by atoms with Crippen LogP contribution in [0.5, 0.6) is 0 Å². The Morgan fingerprint density at radius 2 is 1.80 bits per heavy atom. The summed E-state index contributed by atoms with van der Waals surface area (Å²) < 4.78 is 31.4. The Hall–Kier alpha value is -1.97. The number of piperazine rings is 1. The van der Waals surface area contributed by atoms with Crippen molar-refractivity contribution in [3.63, 3.8) is 0 Å². The van der Waals surface area contributed by atoms with Crippen molar-refractivity contribution < 1.29 is 22.7 Å². The Bertz CT molecular complexity index is 755. The highest BCUT2D eigenvalue weighted by Gasteiger charge is 2.30. The minimum Gasteiger partial charge on any atom is -0.453 e. The number of hydrogen-bond acceptors (Lipinski definition) is 6. The van der Waals surface area contributed by atoms with E-state index in [4.69, 9.17) is 0 Å². The summed E-state index contributed by atoms with van der Waals surface area (Å²) in [5, 5.41) is 2.08. The van der Waals surface area contributed by atoms with Gasteiger partial charge < -0.3 is 4.74 Å². The van der Waals surface area contributed by atoms with E-state index in [-0.39, 0.29) is 6.54 Å². The second-order valence-electron chi connectivity index (χ2n) is 5.99. The number of hydrogen-bond donors (Lipinski definition) is 1. The molecular formula is C16H23N3O5S. The molecule has 0 radical (unpaired) electrons. The highest BCUT2D eigenvalue weighted by molar-refractivity contribution is 7.89. The summed E-state index contributed by atoms with van der Waals surface area (Å²) in [6.07, 6.45) is -0.805. The Labute approximate surface area is 147 Å². The molecule has 0 aliphatic carbocycles. The van der Waals surface area contributed by atoms with Gasteiger partial charge in [0.1, 0.15) is 0 Å². The molecule has 0 aromatic heterocycles. The number of alkyl carbamates (subject to hydrolysis) is 1. The first-order chi connectivity index (χ1) is 11.7. The maximum absolute atomic E-state index is 12.8. The van der Waals surface area contributed by atoms with Crippen LogP contribution in [0.2, 0.25) is 0 Å². The van der Waals surface area contributed by atoms with E-state index < -0.39 is 22.0 Å². The quantitative estimate of drug-likeness (QED) is 0.830. The molecule has 8 nitrogen and oxygen atoms in total. The van der Waals surface area contributed by atoms with Crippen LogP contribution in [-0.2, 0) is 19.6 Å². The van der Waals surface area contributed by atoms with Crippen molar-refractivity contribution in [2.45, 2.75) is 18.7 Å². The van der Waals surface area contributed by atoms with Gasteiger partial charge in [0.25, 0.3) is 0 Å². The molecule has 0 spiro atoms. The fourth-order valence-electron chi connectivity index (χ4n) is 2.76. The number of amides is 2. The third kappa shape index (κ3) is 4.77. The average molecular weight is 369 g/mol. The third-order valence-electron chi connectivity index (χ3n) is 4.07. The van der Waals surface area contributed by atoms with Crippen molar-refractivity contribution in [2.24, 2.45) is 0 Å². The van der Waals surface area contributed by atoms with E-state index in [9.17, 15) is 18.0 Å². The average Bonchev–Trinajstić information content (AvgIpc) is 2.54. The van der Waals surface area contributed by atoms with Gasteiger partial charge in [0, 0.05) is 26.2 Å². The minimum absolute atomic E-state index is 0.0204. The van der Waals surface area contributed by atoms with Crippen LogP contribution in [0, 0.1) is 13.8 Å². The monoisotopic (exact) mass is 369 g/mol. The molecular weight excluding hydrogens is 346 g/mol. The summed E-state index contributed by atoms with van der Waals surface area (Å²) >= 11 is 0. The molecule has 1 fully saturated rings. The first kappa shape index (κ1) is 19.4. The van der Waals surface area contributed by atoms with Crippen molar-refractivity contribution in [1.82, 2.24) is 14.5 Å². The molecule has 1 heterocycles. The molecule has 0 saturated carbocycles. The normalized spacial score (nSPS) is 16.4. The molecule has 1 aliphatic rings. The first-order valence-electron chi connectivity index (χ1n) is 7.91. The highest BCUT2D eigenvalue weighted by Crippen LogP contribution is 2.22. The molecule has 138 valence electrons. The van der Waals surface area contributed by atoms with Gasteiger partial charge in [-0.2, -0.15) is 4.31 Å². The van der Waals surface area contributed by atoms with Crippen molar-refractivity contribution >= 4 is 22.0 Å². The molecule has 2 amide bonds. The van der Waals surface area contributed by atoms with Gasteiger partial charge in [0.2, 0.25) is 15.9 Å². The van der Waals surface area contributed by atoms with Crippen LogP contribution in [0.15, 0.2) is 23.1 Å². The number of nitrogens with one attached hydrogen (secondary N) is 1. The number of nitrogens with zero attached hydrogens (tertiary/aromatic N) is 2. The molecule has 1 aromatic rings. The van der Waals surface area contributed by atoms with Gasteiger partial charge in [-0.3, -0.25) is 15.0 Å². The zero-order valence-corrected chi connectivity index (χ0v) is 15.4. The van der Waals surface area contributed by atoms with Crippen LogP contribution in [0.3, 0.4) is 0 Å². The van der Waals surface area contributed by atoms with Gasteiger partial charge in [-0.15, -0.1) is 0 Å². The Morgan fingerprint density at radius 1 is 1.16 bits per heavy atom. The fourth-order valence-corrected chi connectivity index (χ4v) is 4.39. The van der Waals surface area contributed by atoms with E-state index in [1.54, 1.807) is 24.0 Å². The summed E-state index contributed by atoms with van der Waals surface area (Å²) in [7, 11) is -2.37. The predicted molar refractivity (Wildman–Crippen MR) is 91.7 cm³/mol. The Morgan fingerprint density at radius 3 is 2.36 bits per heavy atom. The van der Waals surface area contributed by atoms with Crippen LogP contribution < -0.4 is 5.32 Å². The summed E-state index contributed by atoms with van der Waals surface area (Å²) in [5.74, 6) is -0.475. The molecule has 1 aromatic carbocycles. The third-order valence-corrected chi connectivity index (χ3v) is 6.13. The van der Waals surface area contributed by atoms with Crippen molar-refractivity contribution in [3.8, 4) is 0 Å². The van der Waals surface area contributed by atoms with Gasteiger partial charge in [0.15, 0.2) is 0 Å². The van der Waals surface area contributed by atoms with Gasteiger partial charge >= 0.3 is 6.09 Å². The predicted octanol–water partition coefficient (Wildman–Crippen LogP) is 0.492. The summed E-state index contributed by atoms with van der Waals surface area (Å²) in [5.41, 5.74) is 1.73. The van der Waals surface area contributed by atoms with E-state index in [0.717, 1.165) is 11.1 Å². The van der Waals surface area contributed by atoms with Crippen molar-refractivity contribution in [2.75, 3.05) is 39.8 Å². The van der Waals surface area contributed by atoms with Crippen LogP contribution >= 0.6 is 0 Å². The highest BCUT2D eigenvalue weighted by atomic mass is 32.2. The largest absolute Gasteiger partial charge is 0.453 e. The lowest BCUT2D eigenvalue weighted by Crippen LogP contribution is -2.51. The number of carbonyl (C=O) groups is 2. The molecule has 2 rings (SSSR count). The summed E-state index contributed by atoms with van der Waals surface area (Å²) in [4.78, 5) is 24.8. The number of carbonyl (C=O) groups excluding carboxylic acids is 2. The van der Waals surface area contributed by atoms with Gasteiger partial charge in [-0.25, -0.2) is 13.2 Å². The maximum atomic E-state index is 12.8. The zero-order chi connectivity index (χ0) is 18.6. The van der Waals surface area contributed by atoms with Gasteiger partial charge in [-0.1, -0.05) is 17.7 Å². The number of ether oxygens (including phenoxy) is 1. The van der Waals surface area contributed by atoms with Gasteiger partial charge in [0.05, 0.1) is 18.6 Å². The summed E-state index contributed by atoms with van der Waals surface area (Å²) in [6.45, 7) is 5.14.